The van der Waals surface area contributed by atoms with Crippen LogP contribution in [0.2, 0.25) is 0 Å². The molecular weight excluding hydrogens is 282 g/mol. The van der Waals surface area contributed by atoms with Crippen molar-refractivity contribution < 1.29 is 19.7 Å². The number of esters is 1. The third kappa shape index (κ3) is 5.87. The van der Waals surface area contributed by atoms with E-state index in [9.17, 15) is 9.90 Å². The Balaban J connectivity index is 0.000000261. The topological polar surface area (TPSA) is 70.0 Å². The van der Waals surface area contributed by atoms with Crippen LogP contribution in [-0.2, 0) is 16.0 Å². The zero-order chi connectivity index (χ0) is 16.4. The van der Waals surface area contributed by atoms with Crippen molar-refractivity contribution in [3.05, 3.63) is 47.2 Å². The summed E-state index contributed by atoms with van der Waals surface area (Å²) in [6.45, 7) is 7.38. The van der Waals surface area contributed by atoms with E-state index in [0.29, 0.717) is 12.0 Å². The SMILES string of the molecule is CCN(CC)CCO.O=C1OCC(O)=C1Cc1ccccc1. The minimum Gasteiger partial charge on any atom is -0.508 e. The molecule has 1 aliphatic rings. The molecule has 0 saturated heterocycles. The fraction of sp³-hybridized carbons (Fsp3) is 0.471. The van der Waals surface area contributed by atoms with Crippen molar-refractivity contribution in [3.8, 4) is 0 Å². The molecule has 0 atom stereocenters. The highest BCUT2D eigenvalue weighted by atomic mass is 16.5. The zero-order valence-corrected chi connectivity index (χ0v) is 13.3. The lowest BCUT2D eigenvalue weighted by molar-refractivity contribution is -0.136. The van der Waals surface area contributed by atoms with Gasteiger partial charge >= 0.3 is 5.97 Å². The Labute approximate surface area is 131 Å². The van der Waals surface area contributed by atoms with Crippen molar-refractivity contribution in [1.29, 1.82) is 0 Å². The summed E-state index contributed by atoms with van der Waals surface area (Å²) in [7, 11) is 0. The van der Waals surface area contributed by atoms with Gasteiger partial charge in [-0.2, -0.15) is 0 Å². The molecule has 0 radical (unpaired) electrons. The van der Waals surface area contributed by atoms with Crippen molar-refractivity contribution in [1.82, 2.24) is 4.90 Å². The molecular formula is C17H25NO4. The van der Waals surface area contributed by atoms with E-state index in [2.05, 4.69) is 23.5 Å². The fourth-order valence-electron chi connectivity index (χ4n) is 2.08. The number of rotatable bonds is 6. The van der Waals surface area contributed by atoms with Gasteiger partial charge in [0.05, 0.1) is 12.2 Å². The van der Waals surface area contributed by atoms with Crippen LogP contribution in [0, 0.1) is 0 Å². The van der Waals surface area contributed by atoms with Crippen LogP contribution in [0.15, 0.2) is 41.7 Å². The summed E-state index contributed by atoms with van der Waals surface area (Å²) in [4.78, 5) is 13.3. The van der Waals surface area contributed by atoms with Gasteiger partial charge < -0.3 is 19.8 Å². The standard InChI is InChI=1S/C11H10O3.C6H15NO/c12-10-7-14-11(13)9(10)6-8-4-2-1-3-5-8;1-3-7(4-2)5-6-8/h1-5,12H,6-7H2;8H,3-6H2,1-2H3. The number of cyclic esters (lactones) is 1. The Morgan fingerprint density at radius 2 is 1.82 bits per heavy atom. The van der Waals surface area contributed by atoms with Crippen LogP contribution in [0.1, 0.15) is 19.4 Å². The van der Waals surface area contributed by atoms with E-state index < -0.39 is 5.97 Å². The summed E-state index contributed by atoms with van der Waals surface area (Å²) < 4.78 is 4.69. The summed E-state index contributed by atoms with van der Waals surface area (Å²) in [6.07, 6.45) is 0.436. The molecule has 0 aliphatic carbocycles. The van der Waals surface area contributed by atoms with E-state index in [1.54, 1.807) is 0 Å². The van der Waals surface area contributed by atoms with Crippen molar-refractivity contribution in [3.63, 3.8) is 0 Å². The monoisotopic (exact) mass is 307 g/mol. The Morgan fingerprint density at radius 1 is 1.18 bits per heavy atom. The van der Waals surface area contributed by atoms with Gasteiger partial charge in [-0.05, 0) is 18.7 Å². The van der Waals surface area contributed by atoms with Crippen molar-refractivity contribution in [2.24, 2.45) is 0 Å². The molecule has 22 heavy (non-hydrogen) atoms. The van der Waals surface area contributed by atoms with Crippen LogP contribution >= 0.6 is 0 Å². The molecule has 122 valence electrons. The number of hydrogen-bond donors (Lipinski definition) is 2. The molecule has 0 fully saturated rings. The summed E-state index contributed by atoms with van der Waals surface area (Å²) in [5.74, 6) is -0.356. The maximum Gasteiger partial charge on any atom is 0.338 e. The number of benzene rings is 1. The summed E-state index contributed by atoms with van der Waals surface area (Å²) in [5, 5.41) is 17.8. The fourth-order valence-corrected chi connectivity index (χ4v) is 2.08. The number of aliphatic hydroxyl groups excluding tert-OH is 2. The van der Waals surface area contributed by atoms with Gasteiger partial charge in [0.1, 0.15) is 12.4 Å². The van der Waals surface area contributed by atoms with Gasteiger partial charge in [0.15, 0.2) is 0 Å². The lowest BCUT2D eigenvalue weighted by atomic mass is 10.1. The first-order chi connectivity index (χ1) is 10.6. The van der Waals surface area contributed by atoms with Crippen LogP contribution < -0.4 is 0 Å². The molecule has 5 heteroatoms. The number of likely N-dealkylation sites (N-methyl/N-ethyl adjacent to an activating group) is 1. The van der Waals surface area contributed by atoms with Gasteiger partial charge in [-0.25, -0.2) is 4.79 Å². The van der Waals surface area contributed by atoms with Gasteiger partial charge in [0.25, 0.3) is 0 Å². The second kappa shape index (κ2) is 9.97. The lowest BCUT2D eigenvalue weighted by Crippen LogP contribution is -2.25. The second-order valence-corrected chi connectivity index (χ2v) is 4.91. The largest absolute Gasteiger partial charge is 0.508 e. The smallest absolute Gasteiger partial charge is 0.338 e. The molecule has 1 aliphatic heterocycles. The van der Waals surface area contributed by atoms with Crippen molar-refractivity contribution in [2.75, 3.05) is 32.8 Å². The van der Waals surface area contributed by atoms with Gasteiger partial charge in [0.2, 0.25) is 0 Å². The van der Waals surface area contributed by atoms with Crippen LogP contribution in [0.4, 0.5) is 0 Å². The summed E-state index contributed by atoms with van der Waals surface area (Å²) in [5.41, 5.74) is 1.36. The van der Waals surface area contributed by atoms with Crippen molar-refractivity contribution >= 4 is 5.97 Å². The van der Waals surface area contributed by atoms with Gasteiger partial charge in [-0.1, -0.05) is 44.2 Å². The summed E-state index contributed by atoms with van der Waals surface area (Å²) in [6, 6.07) is 9.52. The summed E-state index contributed by atoms with van der Waals surface area (Å²) >= 11 is 0. The highest BCUT2D eigenvalue weighted by molar-refractivity contribution is 5.91. The van der Waals surface area contributed by atoms with Crippen LogP contribution in [0.3, 0.4) is 0 Å². The first-order valence-corrected chi connectivity index (χ1v) is 7.57. The second-order valence-electron chi connectivity index (χ2n) is 4.91. The molecule has 0 saturated carbocycles. The highest BCUT2D eigenvalue weighted by Gasteiger charge is 2.24. The number of aliphatic hydroxyl groups is 2. The van der Waals surface area contributed by atoms with Gasteiger partial charge in [0, 0.05) is 13.0 Å². The minimum absolute atomic E-state index is 0.0149. The number of carbonyl (C=O) groups excluding carboxylic acids is 1. The molecule has 2 N–H and O–H groups in total. The van der Waals surface area contributed by atoms with Crippen LogP contribution in [-0.4, -0.2) is 53.9 Å². The third-order valence-electron chi connectivity index (χ3n) is 3.47. The number of nitrogens with zero attached hydrogens (tertiary/aromatic N) is 1. The Bertz CT molecular complexity index is 481. The average molecular weight is 307 g/mol. The predicted molar refractivity (Wildman–Crippen MR) is 85.6 cm³/mol. The van der Waals surface area contributed by atoms with Crippen LogP contribution in [0.25, 0.3) is 0 Å². The van der Waals surface area contributed by atoms with E-state index in [0.717, 1.165) is 25.2 Å². The molecule has 0 bridgehead atoms. The third-order valence-corrected chi connectivity index (χ3v) is 3.47. The molecule has 1 aromatic carbocycles. The van der Waals surface area contributed by atoms with E-state index in [-0.39, 0.29) is 19.0 Å². The molecule has 0 spiro atoms. The molecule has 0 aromatic heterocycles. The molecule has 1 aromatic rings. The minimum atomic E-state index is -0.411. The highest BCUT2D eigenvalue weighted by Crippen LogP contribution is 2.18. The molecule has 0 amide bonds. The van der Waals surface area contributed by atoms with E-state index >= 15 is 0 Å². The number of ether oxygens (including phenoxy) is 1. The first kappa shape index (κ1) is 18.2. The van der Waals surface area contributed by atoms with E-state index in [4.69, 9.17) is 5.11 Å². The molecule has 2 rings (SSSR count). The predicted octanol–water partition coefficient (Wildman–Crippen LogP) is 1.92. The lowest BCUT2D eigenvalue weighted by Gasteiger charge is -2.15. The molecule has 0 unspecified atom stereocenters. The van der Waals surface area contributed by atoms with Crippen molar-refractivity contribution in [2.45, 2.75) is 20.3 Å². The maximum absolute atomic E-state index is 11.1. The maximum atomic E-state index is 11.1. The van der Waals surface area contributed by atoms with E-state index in [1.807, 2.05) is 30.3 Å². The Kier molecular flexibility index (Phi) is 8.25. The quantitative estimate of drug-likeness (QED) is 0.786. The number of hydrogen-bond acceptors (Lipinski definition) is 5. The van der Waals surface area contributed by atoms with Gasteiger partial charge in [-0.15, -0.1) is 0 Å². The van der Waals surface area contributed by atoms with Crippen LogP contribution in [0.5, 0.6) is 0 Å². The van der Waals surface area contributed by atoms with E-state index in [1.165, 1.54) is 0 Å². The normalized spacial score (nSPS) is 13.9. The average Bonchev–Trinajstić information content (AvgIpc) is 2.86. The molecule has 5 nitrogen and oxygen atoms in total. The van der Waals surface area contributed by atoms with Gasteiger partial charge in [-0.3, -0.25) is 0 Å². The Morgan fingerprint density at radius 3 is 2.23 bits per heavy atom. The molecule has 1 heterocycles. The zero-order valence-electron chi connectivity index (χ0n) is 13.3. The Hall–Kier alpha value is -1.85. The first-order valence-electron chi connectivity index (χ1n) is 7.57. The number of carbonyl (C=O) groups is 1.